The SMILES string of the molecule is COCCNC(=O)C1(n2ccnc2)CCN(Cc2ccc(Cl)cc2)CC1. The van der Waals surface area contributed by atoms with Gasteiger partial charge >= 0.3 is 0 Å². The molecule has 0 spiro atoms. The van der Waals surface area contributed by atoms with Crippen molar-refractivity contribution in [3.8, 4) is 0 Å². The zero-order valence-corrected chi connectivity index (χ0v) is 15.8. The lowest BCUT2D eigenvalue weighted by Crippen LogP contribution is -2.55. The summed E-state index contributed by atoms with van der Waals surface area (Å²) >= 11 is 5.96. The van der Waals surface area contributed by atoms with Crippen molar-refractivity contribution in [2.45, 2.75) is 24.9 Å². The maximum absolute atomic E-state index is 12.9. The number of nitrogens with one attached hydrogen (secondary N) is 1. The molecule has 1 fully saturated rings. The van der Waals surface area contributed by atoms with Crippen molar-refractivity contribution in [1.82, 2.24) is 19.8 Å². The van der Waals surface area contributed by atoms with Crippen LogP contribution in [0.25, 0.3) is 0 Å². The summed E-state index contributed by atoms with van der Waals surface area (Å²) in [6.45, 7) is 3.58. The van der Waals surface area contributed by atoms with Gasteiger partial charge in [-0.1, -0.05) is 23.7 Å². The number of aromatic nitrogens is 2. The minimum atomic E-state index is -0.583. The second-order valence-electron chi connectivity index (χ2n) is 6.65. The molecule has 0 radical (unpaired) electrons. The second-order valence-corrected chi connectivity index (χ2v) is 7.09. The van der Waals surface area contributed by atoms with E-state index in [4.69, 9.17) is 16.3 Å². The molecular formula is C19H25ClN4O2. The van der Waals surface area contributed by atoms with Crippen LogP contribution < -0.4 is 5.32 Å². The summed E-state index contributed by atoms with van der Waals surface area (Å²) < 4.78 is 7.00. The molecule has 0 aliphatic carbocycles. The second kappa shape index (κ2) is 8.66. The minimum Gasteiger partial charge on any atom is -0.383 e. The number of amides is 1. The maximum atomic E-state index is 12.9. The van der Waals surface area contributed by atoms with Gasteiger partial charge in [0.25, 0.3) is 0 Å². The molecule has 1 aliphatic rings. The minimum absolute atomic E-state index is 0.0405. The van der Waals surface area contributed by atoms with Gasteiger partial charge in [-0.2, -0.15) is 0 Å². The first kappa shape index (κ1) is 18.9. The number of carbonyl (C=O) groups is 1. The molecule has 1 N–H and O–H groups in total. The van der Waals surface area contributed by atoms with Crippen molar-refractivity contribution in [2.75, 3.05) is 33.4 Å². The van der Waals surface area contributed by atoms with E-state index >= 15 is 0 Å². The third kappa shape index (κ3) is 4.26. The predicted molar refractivity (Wildman–Crippen MR) is 101 cm³/mol. The summed E-state index contributed by atoms with van der Waals surface area (Å²) in [4.78, 5) is 19.5. The molecule has 1 aromatic carbocycles. The molecule has 1 amide bonds. The lowest BCUT2D eigenvalue weighted by atomic mass is 9.85. The van der Waals surface area contributed by atoms with Crippen LogP contribution in [0.15, 0.2) is 43.0 Å². The molecule has 0 atom stereocenters. The van der Waals surface area contributed by atoms with E-state index in [0.717, 1.165) is 37.5 Å². The number of imidazole rings is 1. The van der Waals surface area contributed by atoms with Crippen molar-refractivity contribution >= 4 is 17.5 Å². The molecule has 140 valence electrons. The van der Waals surface area contributed by atoms with Gasteiger partial charge < -0.3 is 14.6 Å². The van der Waals surface area contributed by atoms with E-state index < -0.39 is 5.54 Å². The zero-order chi connectivity index (χ0) is 18.4. The topological polar surface area (TPSA) is 59.4 Å². The molecule has 26 heavy (non-hydrogen) atoms. The van der Waals surface area contributed by atoms with Crippen LogP contribution in [0.1, 0.15) is 18.4 Å². The molecule has 0 unspecified atom stereocenters. The first-order chi connectivity index (χ1) is 12.6. The Morgan fingerprint density at radius 2 is 2.04 bits per heavy atom. The molecule has 0 saturated carbocycles. The Bertz CT molecular complexity index is 695. The van der Waals surface area contributed by atoms with Gasteiger partial charge in [-0.05, 0) is 30.5 Å². The Morgan fingerprint density at radius 3 is 2.65 bits per heavy atom. The van der Waals surface area contributed by atoms with Gasteiger partial charge in [-0.3, -0.25) is 9.69 Å². The lowest BCUT2D eigenvalue weighted by molar-refractivity contribution is -0.132. The molecule has 1 saturated heterocycles. The third-order valence-electron chi connectivity index (χ3n) is 5.02. The monoisotopic (exact) mass is 376 g/mol. The standard InChI is InChI=1S/C19H25ClN4O2/c1-26-13-9-22-18(25)19(24-12-8-21-15-24)6-10-23(11-7-19)14-16-2-4-17(20)5-3-16/h2-5,8,12,15H,6-7,9-11,13-14H2,1H3,(H,22,25). The zero-order valence-electron chi connectivity index (χ0n) is 15.0. The summed E-state index contributed by atoms with van der Waals surface area (Å²) in [7, 11) is 1.63. The van der Waals surface area contributed by atoms with E-state index in [2.05, 4.69) is 27.3 Å². The number of benzene rings is 1. The Kier molecular flexibility index (Phi) is 6.29. The van der Waals surface area contributed by atoms with Gasteiger partial charge in [-0.15, -0.1) is 0 Å². The Labute approximate surface area is 159 Å². The number of likely N-dealkylation sites (tertiary alicyclic amines) is 1. The highest BCUT2D eigenvalue weighted by atomic mass is 35.5. The number of piperidine rings is 1. The molecule has 6 nitrogen and oxygen atoms in total. The van der Waals surface area contributed by atoms with E-state index in [0.29, 0.717) is 13.2 Å². The third-order valence-corrected chi connectivity index (χ3v) is 5.27. The summed E-state index contributed by atoms with van der Waals surface area (Å²) in [6, 6.07) is 7.94. The number of rotatable bonds is 7. The molecule has 1 aromatic heterocycles. The molecule has 3 rings (SSSR count). The van der Waals surface area contributed by atoms with Crippen LogP contribution in [0, 0.1) is 0 Å². The summed E-state index contributed by atoms with van der Waals surface area (Å²) in [5.74, 6) is 0.0405. The largest absolute Gasteiger partial charge is 0.383 e. The molecule has 0 bridgehead atoms. The highest BCUT2D eigenvalue weighted by molar-refractivity contribution is 6.30. The van der Waals surface area contributed by atoms with E-state index in [-0.39, 0.29) is 5.91 Å². The molecule has 1 aliphatic heterocycles. The number of hydrogen-bond donors (Lipinski definition) is 1. The van der Waals surface area contributed by atoms with E-state index in [9.17, 15) is 4.79 Å². The fraction of sp³-hybridized carbons (Fsp3) is 0.474. The quantitative estimate of drug-likeness (QED) is 0.753. The fourth-order valence-corrected chi connectivity index (χ4v) is 3.60. The van der Waals surface area contributed by atoms with Gasteiger partial charge in [0.2, 0.25) is 5.91 Å². The van der Waals surface area contributed by atoms with Crippen molar-refractivity contribution in [1.29, 1.82) is 0 Å². The molecule has 2 aromatic rings. The van der Waals surface area contributed by atoms with Crippen LogP contribution in [0.2, 0.25) is 5.02 Å². The first-order valence-corrected chi connectivity index (χ1v) is 9.24. The fourth-order valence-electron chi connectivity index (χ4n) is 3.48. The smallest absolute Gasteiger partial charge is 0.246 e. The van der Waals surface area contributed by atoms with Gasteiger partial charge in [0, 0.05) is 50.7 Å². The Hall–Kier alpha value is -1.89. The van der Waals surface area contributed by atoms with Gasteiger partial charge in [0.15, 0.2) is 0 Å². The van der Waals surface area contributed by atoms with Gasteiger partial charge in [0.05, 0.1) is 12.9 Å². The first-order valence-electron chi connectivity index (χ1n) is 8.86. The van der Waals surface area contributed by atoms with Crippen molar-refractivity contribution in [3.63, 3.8) is 0 Å². The Balaban J connectivity index is 1.67. The van der Waals surface area contributed by atoms with E-state index in [1.54, 1.807) is 19.6 Å². The van der Waals surface area contributed by atoms with Crippen LogP contribution in [0.4, 0.5) is 0 Å². The maximum Gasteiger partial charge on any atom is 0.246 e. The van der Waals surface area contributed by atoms with E-state index in [1.807, 2.05) is 22.9 Å². The van der Waals surface area contributed by atoms with Crippen LogP contribution in [0.3, 0.4) is 0 Å². The summed E-state index contributed by atoms with van der Waals surface area (Å²) in [5, 5.41) is 3.76. The van der Waals surface area contributed by atoms with Crippen LogP contribution in [-0.2, 0) is 21.6 Å². The number of halogens is 1. The van der Waals surface area contributed by atoms with Gasteiger partial charge in [-0.25, -0.2) is 4.98 Å². The number of ether oxygens (including phenoxy) is 1. The average molecular weight is 377 g/mol. The highest BCUT2D eigenvalue weighted by Crippen LogP contribution is 2.31. The van der Waals surface area contributed by atoms with Crippen molar-refractivity contribution < 1.29 is 9.53 Å². The lowest BCUT2D eigenvalue weighted by Gasteiger charge is -2.41. The number of nitrogens with zero attached hydrogens (tertiary/aromatic N) is 3. The van der Waals surface area contributed by atoms with Crippen LogP contribution in [0.5, 0.6) is 0 Å². The Morgan fingerprint density at radius 1 is 1.31 bits per heavy atom. The molecule has 2 heterocycles. The van der Waals surface area contributed by atoms with Crippen molar-refractivity contribution in [3.05, 3.63) is 53.6 Å². The summed E-state index contributed by atoms with van der Waals surface area (Å²) in [6.07, 6.45) is 6.84. The number of hydrogen-bond acceptors (Lipinski definition) is 4. The number of methoxy groups -OCH3 is 1. The highest BCUT2D eigenvalue weighted by Gasteiger charge is 2.42. The average Bonchev–Trinajstić information content (AvgIpc) is 3.20. The van der Waals surface area contributed by atoms with Crippen LogP contribution in [-0.4, -0.2) is 53.7 Å². The predicted octanol–water partition coefficient (Wildman–Crippen LogP) is 2.29. The molecular weight excluding hydrogens is 352 g/mol. The molecule has 7 heteroatoms. The van der Waals surface area contributed by atoms with E-state index in [1.165, 1.54) is 5.56 Å². The summed E-state index contributed by atoms with van der Waals surface area (Å²) in [5.41, 5.74) is 0.648. The normalized spacial score (nSPS) is 17.2. The van der Waals surface area contributed by atoms with Crippen LogP contribution >= 0.6 is 11.6 Å². The van der Waals surface area contributed by atoms with Gasteiger partial charge in [0.1, 0.15) is 5.54 Å². The number of carbonyl (C=O) groups excluding carboxylic acids is 1. The van der Waals surface area contributed by atoms with Crippen molar-refractivity contribution in [2.24, 2.45) is 0 Å².